The molecule has 0 unspecified atom stereocenters. The third-order valence-electron chi connectivity index (χ3n) is 11.5. The number of aromatic hydroxyl groups is 2. The Morgan fingerprint density at radius 1 is 0.653 bits per heavy atom. The largest absolute Gasteiger partial charge is 0.505 e. The van der Waals surface area contributed by atoms with E-state index in [0.717, 1.165) is 43.4 Å². The summed E-state index contributed by atoms with van der Waals surface area (Å²) in [5, 5.41) is 31.9. The Morgan fingerprint density at radius 3 is 1.49 bits per heavy atom. The molecule has 4 N–H and O–H groups in total. The van der Waals surface area contributed by atoms with Crippen molar-refractivity contribution in [2.24, 2.45) is 0 Å². The second kappa shape index (κ2) is 24.8. The third-order valence-corrected chi connectivity index (χ3v) is 15.4. The van der Waals surface area contributed by atoms with E-state index in [1.165, 1.54) is 17.4 Å². The topological polar surface area (TPSA) is 197 Å². The van der Waals surface area contributed by atoms with Crippen molar-refractivity contribution < 1.29 is 68.8 Å². The molecule has 13 nitrogen and oxygen atoms in total. The zero-order valence-electron chi connectivity index (χ0n) is 38.3. The van der Waals surface area contributed by atoms with Crippen LogP contribution in [-0.4, -0.2) is 102 Å². The van der Waals surface area contributed by atoms with Gasteiger partial charge in [-0.3, -0.25) is 4.79 Å². The molecule has 0 aliphatic carbocycles. The van der Waals surface area contributed by atoms with Crippen LogP contribution < -0.4 is 5.32 Å². The summed E-state index contributed by atoms with van der Waals surface area (Å²) in [5.41, 5.74) is -0.238. The number of likely N-dealkylation sites (tertiary alicyclic amines) is 1. The molecule has 2 heterocycles. The zero-order valence-corrected chi connectivity index (χ0v) is 42.2. The lowest BCUT2D eigenvalue weighted by Crippen LogP contribution is -2.30. The molecule has 22 heteroatoms. The van der Waals surface area contributed by atoms with Crippen molar-refractivity contribution in [3.05, 3.63) is 165 Å². The number of nitrogens with zero attached hydrogens (tertiary/aromatic N) is 1. The lowest BCUT2D eigenvalue weighted by molar-refractivity contribution is 0.0694. The molecule has 384 valence electrons. The Labute approximate surface area is 429 Å². The highest BCUT2D eigenvalue weighted by Gasteiger charge is 2.31. The van der Waals surface area contributed by atoms with E-state index in [0.29, 0.717) is 48.9 Å². The van der Waals surface area contributed by atoms with Crippen LogP contribution in [0.2, 0.25) is 10.0 Å². The first-order valence-electron chi connectivity index (χ1n) is 21.5. The first kappa shape index (κ1) is 57.1. The van der Waals surface area contributed by atoms with E-state index in [1.54, 1.807) is 74.9 Å². The summed E-state index contributed by atoms with van der Waals surface area (Å²) in [4.78, 5) is 24.2. The van der Waals surface area contributed by atoms with Gasteiger partial charge < -0.3 is 35.0 Å². The van der Waals surface area contributed by atoms with E-state index in [9.17, 15) is 54.2 Å². The van der Waals surface area contributed by atoms with E-state index >= 15 is 0 Å². The second-order valence-electron chi connectivity index (χ2n) is 16.3. The van der Waals surface area contributed by atoms with Crippen molar-refractivity contribution in [1.29, 1.82) is 0 Å². The quantitative estimate of drug-likeness (QED) is 0.0848. The number of hydrogen-bond donors (Lipinski definition) is 4. The van der Waals surface area contributed by atoms with E-state index in [1.807, 2.05) is 0 Å². The van der Waals surface area contributed by atoms with Crippen LogP contribution >= 0.6 is 35.6 Å². The van der Waals surface area contributed by atoms with Gasteiger partial charge in [0.1, 0.15) is 33.1 Å². The SMILES string of the molecule is CO[C@H]1CCN(C(=O)c2cc(Cl)c(O)c(S(=O)(=O)Cc3cc(-c4ccccc4)c(F)cc3F)c2)C1.CO[C@H]1CCNC1.Cl.O=C(O)c1cc(Cl)c(O)c(S(=O)(=O)Cc2cc(-c3ccccc3)c(F)cc2F)c1. The molecule has 0 radical (unpaired) electrons. The van der Waals surface area contributed by atoms with E-state index in [4.69, 9.17) is 37.8 Å². The predicted molar refractivity (Wildman–Crippen MR) is 265 cm³/mol. The average molecular weight is 1100 g/mol. The van der Waals surface area contributed by atoms with Gasteiger partial charge in [-0.25, -0.2) is 39.2 Å². The van der Waals surface area contributed by atoms with E-state index in [-0.39, 0.29) is 51.4 Å². The van der Waals surface area contributed by atoms with Crippen molar-refractivity contribution in [2.75, 3.05) is 40.4 Å². The first-order chi connectivity index (χ1) is 33.6. The molecular weight excluding hydrogens is 1050 g/mol. The molecule has 8 rings (SSSR count). The van der Waals surface area contributed by atoms with Crippen LogP contribution in [0.5, 0.6) is 11.5 Å². The fourth-order valence-corrected chi connectivity index (χ4v) is 11.2. The molecule has 2 atom stereocenters. The van der Waals surface area contributed by atoms with Gasteiger partial charge in [0.05, 0.1) is 39.3 Å². The molecule has 0 aromatic heterocycles. The average Bonchev–Trinajstić information content (AvgIpc) is 4.06. The number of carbonyl (C=O) groups excluding carboxylic acids is 1. The maximum absolute atomic E-state index is 14.6. The molecule has 0 saturated carbocycles. The number of nitrogens with one attached hydrogen (secondary N) is 1. The maximum Gasteiger partial charge on any atom is 0.335 e. The molecule has 0 bridgehead atoms. The van der Waals surface area contributed by atoms with Gasteiger partial charge in [-0.15, -0.1) is 12.4 Å². The van der Waals surface area contributed by atoms with Crippen LogP contribution in [0.25, 0.3) is 22.3 Å². The number of benzene rings is 6. The van der Waals surface area contributed by atoms with Gasteiger partial charge in [0, 0.05) is 73.8 Å². The maximum atomic E-state index is 14.6. The minimum atomic E-state index is -4.42. The van der Waals surface area contributed by atoms with Gasteiger partial charge in [-0.1, -0.05) is 83.9 Å². The van der Waals surface area contributed by atoms with Crippen LogP contribution in [-0.2, 0) is 40.7 Å². The number of halogens is 7. The summed E-state index contributed by atoms with van der Waals surface area (Å²) in [5.74, 6) is -9.18. The number of carboxylic acids is 1. The summed E-state index contributed by atoms with van der Waals surface area (Å²) in [6.07, 6.45) is 2.17. The van der Waals surface area contributed by atoms with Crippen LogP contribution in [0.15, 0.2) is 119 Å². The highest BCUT2D eigenvalue weighted by Crippen LogP contribution is 2.38. The van der Waals surface area contributed by atoms with Crippen molar-refractivity contribution >= 4 is 67.2 Å². The Hall–Kier alpha value is -5.77. The van der Waals surface area contributed by atoms with Crippen molar-refractivity contribution in [3.63, 3.8) is 0 Å². The number of ether oxygens (including phenoxy) is 2. The normalized spacial score (nSPS) is 15.4. The lowest BCUT2D eigenvalue weighted by atomic mass is 10.0. The van der Waals surface area contributed by atoms with Gasteiger partial charge >= 0.3 is 5.97 Å². The molecule has 0 spiro atoms. The number of hydrogen-bond acceptors (Lipinski definition) is 11. The summed E-state index contributed by atoms with van der Waals surface area (Å²) in [6, 6.07) is 23.7. The van der Waals surface area contributed by atoms with Gasteiger partial charge in [-0.2, -0.15) is 0 Å². The number of phenolic OH excluding ortho intramolecular Hbond substituents is 2. The number of amides is 1. The molecule has 6 aromatic carbocycles. The van der Waals surface area contributed by atoms with Crippen molar-refractivity contribution in [2.45, 2.75) is 46.3 Å². The Bertz CT molecular complexity index is 3150. The number of methoxy groups -OCH3 is 2. The fraction of sp³-hybridized carbons (Fsp3) is 0.240. The van der Waals surface area contributed by atoms with Gasteiger partial charge in [0.25, 0.3) is 5.91 Å². The standard InChI is InChI=1S/C25H22ClF2NO5S.C20H13ClF2O5S.C5H11NO.ClH/c1-34-18-7-8-29(13-18)25(31)16-10-20(26)24(30)23(11-16)35(32,33)14-17-9-19(22(28)12-21(17)27)15-5-3-2-4-6-15;21-15-7-12(20(25)26)8-18(19(15)24)29(27,28)10-13-6-14(17(23)9-16(13)22)11-4-2-1-3-5-11;1-7-5-2-3-6-4-5;/h2-6,9-12,18,30H,7-8,13-14H2,1H3;1-9,24H,10H2,(H,25,26);5-6H,2-4H2,1H3;1H/t18-;;5-;/m0.0./s1. The van der Waals surface area contributed by atoms with Crippen LogP contribution in [0.4, 0.5) is 17.6 Å². The number of carbonyl (C=O) groups is 2. The minimum Gasteiger partial charge on any atom is -0.505 e. The van der Waals surface area contributed by atoms with Crippen LogP contribution in [0, 0.1) is 23.3 Å². The molecule has 1 amide bonds. The Kier molecular flexibility index (Phi) is 19.7. The molecule has 2 aliphatic rings. The van der Waals surface area contributed by atoms with E-state index in [2.05, 4.69) is 5.32 Å². The highest BCUT2D eigenvalue weighted by atomic mass is 35.5. The minimum absolute atomic E-state index is 0. The molecule has 2 fully saturated rings. The van der Waals surface area contributed by atoms with Gasteiger partial charge in [0.15, 0.2) is 31.2 Å². The molecule has 2 saturated heterocycles. The monoisotopic (exact) mass is 1100 g/mol. The molecule has 6 aromatic rings. The number of phenols is 2. The summed E-state index contributed by atoms with van der Waals surface area (Å²) < 4.78 is 120. The molecule has 2 aliphatic heterocycles. The summed E-state index contributed by atoms with van der Waals surface area (Å²) in [7, 11) is -5.50. The van der Waals surface area contributed by atoms with Crippen molar-refractivity contribution in [3.8, 4) is 33.8 Å². The highest BCUT2D eigenvalue weighted by molar-refractivity contribution is 7.91. The van der Waals surface area contributed by atoms with Crippen LogP contribution in [0.1, 0.15) is 44.7 Å². The smallest absolute Gasteiger partial charge is 0.335 e. The number of carboxylic acid groups (broad SMARTS) is 1. The number of aromatic carboxylic acids is 1. The van der Waals surface area contributed by atoms with Crippen molar-refractivity contribution in [1.82, 2.24) is 10.2 Å². The summed E-state index contributed by atoms with van der Waals surface area (Å²) in [6.45, 7) is 2.91. The fourth-order valence-electron chi connectivity index (χ4n) is 7.64. The predicted octanol–water partition coefficient (Wildman–Crippen LogP) is 9.90. The lowest BCUT2D eigenvalue weighted by Gasteiger charge is -2.18. The number of rotatable bonds is 12. The van der Waals surface area contributed by atoms with Gasteiger partial charge in [0.2, 0.25) is 0 Å². The van der Waals surface area contributed by atoms with Crippen LogP contribution in [0.3, 0.4) is 0 Å². The zero-order chi connectivity index (χ0) is 51.8. The first-order valence-corrected chi connectivity index (χ1v) is 25.6. The third kappa shape index (κ3) is 13.8. The Morgan fingerprint density at radius 2 is 1.10 bits per heavy atom. The van der Waals surface area contributed by atoms with E-state index < -0.39 is 98.2 Å². The number of sulfone groups is 2. The molecule has 72 heavy (non-hydrogen) atoms. The molecular formula is C50H47Cl3F4N2O11S2. The Balaban J connectivity index is 0.000000235. The summed E-state index contributed by atoms with van der Waals surface area (Å²) >= 11 is 11.8. The second-order valence-corrected chi connectivity index (χ2v) is 21.0. The van der Waals surface area contributed by atoms with Gasteiger partial charge in [-0.05, 0) is 66.9 Å².